The second-order valence-corrected chi connectivity index (χ2v) is 6.07. The summed E-state index contributed by atoms with van der Waals surface area (Å²) in [5, 5.41) is 4.25. The molecule has 98 valence electrons. The molecule has 1 atom stereocenters. The first kappa shape index (κ1) is 12.6. The fourth-order valence-corrected chi connectivity index (χ4v) is 3.34. The Labute approximate surface area is 120 Å². The van der Waals surface area contributed by atoms with Crippen LogP contribution < -0.4 is 5.32 Å². The minimum atomic E-state index is 0.0644. The van der Waals surface area contributed by atoms with Crippen molar-refractivity contribution in [2.24, 2.45) is 5.92 Å². The molecular weight excluding hydrogens is 280 g/mol. The molecule has 3 rings (SSSR count). The number of nitrogens with zero attached hydrogens (tertiary/aromatic N) is 1. The average Bonchev–Trinajstić information content (AvgIpc) is 2.81. The molecule has 1 aromatic heterocycles. The zero-order valence-electron chi connectivity index (χ0n) is 10.2. The monoisotopic (exact) mass is 292 g/mol. The highest BCUT2D eigenvalue weighted by molar-refractivity contribution is 7.22. The van der Waals surface area contributed by atoms with Gasteiger partial charge in [-0.05, 0) is 37.5 Å². The second kappa shape index (κ2) is 5.31. The van der Waals surface area contributed by atoms with Crippen LogP contribution in [-0.4, -0.2) is 10.9 Å². The van der Waals surface area contributed by atoms with Crippen LogP contribution in [0.15, 0.2) is 30.4 Å². The third-order valence-corrected chi connectivity index (χ3v) is 4.39. The number of nitrogens with one attached hydrogen (secondary N) is 1. The van der Waals surface area contributed by atoms with E-state index in [4.69, 9.17) is 11.6 Å². The molecule has 1 amide bonds. The van der Waals surface area contributed by atoms with Crippen LogP contribution in [0.25, 0.3) is 10.2 Å². The van der Waals surface area contributed by atoms with Crippen LogP contribution in [0.2, 0.25) is 5.02 Å². The summed E-state index contributed by atoms with van der Waals surface area (Å²) in [6.45, 7) is 0. The van der Waals surface area contributed by atoms with Crippen molar-refractivity contribution in [3.63, 3.8) is 0 Å². The number of allylic oxidation sites excluding steroid dienone is 2. The van der Waals surface area contributed by atoms with E-state index in [9.17, 15) is 4.79 Å². The molecule has 0 unspecified atom stereocenters. The Balaban J connectivity index is 1.77. The molecule has 0 saturated heterocycles. The van der Waals surface area contributed by atoms with Crippen molar-refractivity contribution in [3.8, 4) is 0 Å². The van der Waals surface area contributed by atoms with Gasteiger partial charge in [0.25, 0.3) is 0 Å². The molecule has 3 nitrogen and oxygen atoms in total. The molecule has 0 aliphatic heterocycles. The van der Waals surface area contributed by atoms with Gasteiger partial charge in [-0.2, -0.15) is 0 Å². The van der Waals surface area contributed by atoms with Crippen LogP contribution in [0.3, 0.4) is 0 Å². The lowest BCUT2D eigenvalue weighted by atomic mass is 9.94. The van der Waals surface area contributed by atoms with E-state index in [2.05, 4.69) is 22.5 Å². The summed E-state index contributed by atoms with van der Waals surface area (Å²) in [7, 11) is 0. The lowest BCUT2D eigenvalue weighted by molar-refractivity contribution is -0.120. The number of anilines is 1. The first-order chi connectivity index (χ1) is 9.22. The van der Waals surface area contributed by atoms with Crippen molar-refractivity contribution in [1.82, 2.24) is 4.98 Å². The van der Waals surface area contributed by atoms with E-state index in [0.29, 0.717) is 10.2 Å². The van der Waals surface area contributed by atoms with Crippen LogP contribution in [-0.2, 0) is 4.79 Å². The van der Waals surface area contributed by atoms with Gasteiger partial charge in [-0.15, -0.1) is 0 Å². The third-order valence-electron chi connectivity index (χ3n) is 3.22. The molecule has 1 aliphatic rings. The molecule has 0 radical (unpaired) electrons. The summed E-state index contributed by atoms with van der Waals surface area (Å²) in [6.07, 6.45) is 6.92. The van der Waals surface area contributed by atoms with Gasteiger partial charge in [0.1, 0.15) is 0 Å². The largest absolute Gasteiger partial charge is 0.302 e. The van der Waals surface area contributed by atoms with Gasteiger partial charge in [-0.3, -0.25) is 4.79 Å². The first-order valence-electron chi connectivity index (χ1n) is 6.24. The highest BCUT2D eigenvalue weighted by Gasteiger charge is 2.19. The van der Waals surface area contributed by atoms with Crippen LogP contribution >= 0.6 is 22.9 Å². The van der Waals surface area contributed by atoms with E-state index < -0.39 is 0 Å². The summed E-state index contributed by atoms with van der Waals surface area (Å²) >= 11 is 7.40. The number of halogens is 1. The molecule has 0 spiro atoms. The number of carbonyl (C=O) groups excluding carboxylic acids is 1. The van der Waals surface area contributed by atoms with Crippen molar-refractivity contribution in [3.05, 3.63) is 35.4 Å². The van der Waals surface area contributed by atoms with E-state index in [-0.39, 0.29) is 11.8 Å². The molecule has 5 heteroatoms. The molecule has 19 heavy (non-hydrogen) atoms. The Kier molecular flexibility index (Phi) is 3.53. The standard InChI is InChI=1S/C14H13ClN2OS/c15-10-6-7-11-12(8-10)19-14(16-11)17-13(18)9-4-2-1-3-5-9/h1-2,6-9H,3-5H2,(H,16,17,18)/t9-/m0/s1. The van der Waals surface area contributed by atoms with Gasteiger partial charge in [-0.1, -0.05) is 35.1 Å². The van der Waals surface area contributed by atoms with Gasteiger partial charge in [0, 0.05) is 10.9 Å². The van der Waals surface area contributed by atoms with Gasteiger partial charge in [0.2, 0.25) is 5.91 Å². The van der Waals surface area contributed by atoms with Gasteiger partial charge in [0.05, 0.1) is 10.2 Å². The zero-order valence-corrected chi connectivity index (χ0v) is 11.8. The predicted octanol–water partition coefficient (Wildman–Crippen LogP) is 4.24. The summed E-state index contributed by atoms with van der Waals surface area (Å²) in [6, 6.07) is 5.54. The quantitative estimate of drug-likeness (QED) is 0.841. The lowest BCUT2D eigenvalue weighted by Gasteiger charge is -2.15. The van der Waals surface area contributed by atoms with Crippen LogP contribution in [0.4, 0.5) is 5.13 Å². The van der Waals surface area contributed by atoms with Crippen molar-refractivity contribution < 1.29 is 4.79 Å². The van der Waals surface area contributed by atoms with E-state index in [1.165, 1.54) is 11.3 Å². The van der Waals surface area contributed by atoms with E-state index in [1.807, 2.05) is 12.1 Å². The summed E-state index contributed by atoms with van der Waals surface area (Å²) < 4.78 is 0.992. The van der Waals surface area contributed by atoms with Crippen LogP contribution in [0.1, 0.15) is 19.3 Å². The Morgan fingerprint density at radius 1 is 1.42 bits per heavy atom. The minimum absolute atomic E-state index is 0.0644. The predicted molar refractivity (Wildman–Crippen MR) is 79.7 cm³/mol. The topological polar surface area (TPSA) is 42.0 Å². The minimum Gasteiger partial charge on any atom is -0.302 e. The number of benzene rings is 1. The number of hydrogen-bond donors (Lipinski definition) is 1. The molecule has 0 bridgehead atoms. The maximum Gasteiger partial charge on any atom is 0.229 e. The SMILES string of the molecule is O=C(Nc1nc2ccc(Cl)cc2s1)[C@H]1CC=CCC1. The molecular formula is C14H13ClN2OS. The van der Waals surface area contributed by atoms with Gasteiger partial charge in [0.15, 0.2) is 5.13 Å². The number of carbonyl (C=O) groups is 1. The zero-order chi connectivity index (χ0) is 13.2. The number of fused-ring (bicyclic) bond motifs is 1. The van der Waals surface area contributed by atoms with Crippen molar-refractivity contribution in [1.29, 1.82) is 0 Å². The molecule has 1 heterocycles. The maximum atomic E-state index is 12.1. The molecule has 0 saturated carbocycles. The number of amides is 1. The maximum absolute atomic E-state index is 12.1. The fourth-order valence-electron chi connectivity index (χ4n) is 2.19. The Morgan fingerprint density at radius 3 is 3.11 bits per heavy atom. The normalized spacial score (nSPS) is 18.7. The number of thiazole rings is 1. The number of rotatable bonds is 2. The molecule has 1 aliphatic carbocycles. The third kappa shape index (κ3) is 2.80. The van der Waals surface area contributed by atoms with Gasteiger partial charge >= 0.3 is 0 Å². The van der Waals surface area contributed by atoms with E-state index in [0.717, 1.165) is 29.5 Å². The van der Waals surface area contributed by atoms with Gasteiger partial charge in [-0.25, -0.2) is 4.98 Å². The Bertz CT molecular complexity index is 650. The van der Waals surface area contributed by atoms with E-state index in [1.54, 1.807) is 6.07 Å². The van der Waals surface area contributed by atoms with E-state index >= 15 is 0 Å². The van der Waals surface area contributed by atoms with Crippen LogP contribution in [0.5, 0.6) is 0 Å². The van der Waals surface area contributed by atoms with Gasteiger partial charge < -0.3 is 5.32 Å². The first-order valence-corrected chi connectivity index (χ1v) is 7.44. The lowest BCUT2D eigenvalue weighted by Crippen LogP contribution is -2.23. The highest BCUT2D eigenvalue weighted by Crippen LogP contribution is 2.29. The molecule has 0 fully saturated rings. The van der Waals surface area contributed by atoms with Crippen molar-refractivity contribution >= 4 is 44.2 Å². The smallest absolute Gasteiger partial charge is 0.229 e. The summed E-state index contributed by atoms with van der Waals surface area (Å²) in [5.41, 5.74) is 0.869. The molecule has 1 aromatic carbocycles. The summed E-state index contributed by atoms with van der Waals surface area (Å²) in [5.74, 6) is 0.134. The number of aromatic nitrogens is 1. The Hall–Kier alpha value is -1.39. The highest BCUT2D eigenvalue weighted by atomic mass is 35.5. The molecule has 2 aromatic rings. The summed E-state index contributed by atoms with van der Waals surface area (Å²) in [4.78, 5) is 16.5. The van der Waals surface area contributed by atoms with Crippen molar-refractivity contribution in [2.75, 3.05) is 5.32 Å². The van der Waals surface area contributed by atoms with Crippen molar-refractivity contribution in [2.45, 2.75) is 19.3 Å². The van der Waals surface area contributed by atoms with Crippen LogP contribution in [0, 0.1) is 5.92 Å². The average molecular weight is 293 g/mol. The fraction of sp³-hybridized carbons (Fsp3) is 0.286. The molecule has 1 N–H and O–H groups in total. The second-order valence-electron chi connectivity index (χ2n) is 4.60. The number of hydrogen-bond acceptors (Lipinski definition) is 3. The Morgan fingerprint density at radius 2 is 2.32 bits per heavy atom.